The van der Waals surface area contributed by atoms with Crippen LogP contribution in [-0.2, 0) is 0 Å². The lowest BCUT2D eigenvalue weighted by molar-refractivity contribution is 0.0943. The Balaban J connectivity index is 0.00000128. The fraction of sp³-hybridized carbons (Fsp3) is 0.600. The summed E-state index contributed by atoms with van der Waals surface area (Å²) in [5, 5.41) is 12.8. The summed E-state index contributed by atoms with van der Waals surface area (Å²) in [5.74, 6) is 0.472. The maximum Gasteiger partial charge on any atom is 0.271 e. The standard InChI is InChI=1S/C10H16N4O.ClH/c1-7-4-9(14-13-7)10(15)12-6-8-2-3-11-5-8;/h4,8,11H,2-3,5-6H2,1H3,(H,12,15)(H,13,14);1H. The largest absolute Gasteiger partial charge is 0.350 e. The van der Waals surface area contributed by atoms with Crippen molar-refractivity contribution in [3.8, 4) is 0 Å². The second-order valence-corrected chi connectivity index (χ2v) is 4.01. The third kappa shape index (κ3) is 3.21. The van der Waals surface area contributed by atoms with Gasteiger partial charge >= 0.3 is 0 Å². The Morgan fingerprint density at radius 3 is 3.06 bits per heavy atom. The van der Waals surface area contributed by atoms with Gasteiger partial charge in [-0.25, -0.2) is 0 Å². The van der Waals surface area contributed by atoms with Crippen molar-refractivity contribution in [2.24, 2.45) is 5.92 Å². The Hall–Kier alpha value is -1.07. The molecule has 90 valence electrons. The molecule has 16 heavy (non-hydrogen) atoms. The summed E-state index contributed by atoms with van der Waals surface area (Å²) in [4.78, 5) is 11.6. The number of hydrogen-bond acceptors (Lipinski definition) is 3. The molecule has 1 amide bonds. The minimum Gasteiger partial charge on any atom is -0.350 e. The molecule has 5 nitrogen and oxygen atoms in total. The first kappa shape index (κ1) is 13.0. The van der Waals surface area contributed by atoms with Gasteiger partial charge in [-0.2, -0.15) is 5.10 Å². The van der Waals surface area contributed by atoms with Crippen molar-refractivity contribution < 1.29 is 4.79 Å². The molecular weight excluding hydrogens is 228 g/mol. The zero-order chi connectivity index (χ0) is 10.7. The number of amides is 1. The van der Waals surface area contributed by atoms with Crippen LogP contribution in [0, 0.1) is 12.8 Å². The average molecular weight is 245 g/mol. The Morgan fingerprint density at radius 2 is 2.50 bits per heavy atom. The molecule has 0 radical (unpaired) electrons. The molecule has 1 atom stereocenters. The van der Waals surface area contributed by atoms with E-state index >= 15 is 0 Å². The SMILES string of the molecule is Cc1cc(C(=O)NCC2CCNC2)n[nH]1.Cl. The van der Waals surface area contributed by atoms with E-state index in [0.717, 1.165) is 31.7 Å². The van der Waals surface area contributed by atoms with Crippen molar-refractivity contribution in [3.63, 3.8) is 0 Å². The van der Waals surface area contributed by atoms with Crippen LogP contribution in [0.25, 0.3) is 0 Å². The number of nitrogens with zero attached hydrogens (tertiary/aromatic N) is 1. The van der Waals surface area contributed by atoms with Gasteiger partial charge < -0.3 is 10.6 Å². The van der Waals surface area contributed by atoms with Crippen LogP contribution in [-0.4, -0.2) is 35.7 Å². The van der Waals surface area contributed by atoms with E-state index in [0.29, 0.717) is 11.6 Å². The van der Waals surface area contributed by atoms with E-state index in [1.807, 2.05) is 6.92 Å². The minimum atomic E-state index is -0.0914. The lowest BCUT2D eigenvalue weighted by atomic mass is 10.1. The van der Waals surface area contributed by atoms with Crippen LogP contribution in [0.2, 0.25) is 0 Å². The smallest absolute Gasteiger partial charge is 0.271 e. The van der Waals surface area contributed by atoms with Gasteiger partial charge in [-0.15, -0.1) is 12.4 Å². The van der Waals surface area contributed by atoms with Gasteiger partial charge in [0, 0.05) is 12.2 Å². The monoisotopic (exact) mass is 244 g/mol. The molecule has 0 spiro atoms. The first-order valence-corrected chi connectivity index (χ1v) is 5.26. The van der Waals surface area contributed by atoms with E-state index in [1.165, 1.54) is 0 Å². The van der Waals surface area contributed by atoms with Crippen molar-refractivity contribution >= 4 is 18.3 Å². The third-order valence-electron chi connectivity index (χ3n) is 2.65. The molecule has 0 saturated carbocycles. The van der Waals surface area contributed by atoms with Crippen molar-refractivity contribution in [2.45, 2.75) is 13.3 Å². The first-order valence-electron chi connectivity index (χ1n) is 5.26. The molecule has 0 aliphatic carbocycles. The summed E-state index contributed by atoms with van der Waals surface area (Å²) in [6, 6.07) is 1.75. The van der Waals surface area contributed by atoms with Crippen LogP contribution in [0.4, 0.5) is 0 Å². The number of aromatic nitrogens is 2. The summed E-state index contributed by atoms with van der Waals surface area (Å²) >= 11 is 0. The zero-order valence-electron chi connectivity index (χ0n) is 9.25. The van der Waals surface area contributed by atoms with Gasteiger partial charge in [0.1, 0.15) is 5.69 Å². The van der Waals surface area contributed by atoms with Gasteiger partial charge in [-0.3, -0.25) is 9.89 Å². The molecule has 1 aliphatic rings. The number of H-pyrrole nitrogens is 1. The number of rotatable bonds is 3. The molecule has 3 N–H and O–H groups in total. The highest BCUT2D eigenvalue weighted by Crippen LogP contribution is 2.05. The summed E-state index contributed by atoms with van der Waals surface area (Å²) < 4.78 is 0. The highest BCUT2D eigenvalue weighted by molar-refractivity contribution is 5.92. The van der Waals surface area contributed by atoms with E-state index in [4.69, 9.17) is 0 Å². The van der Waals surface area contributed by atoms with Crippen LogP contribution in [0.3, 0.4) is 0 Å². The fourth-order valence-corrected chi connectivity index (χ4v) is 1.75. The number of aromatic amines is 1. The Bertz CT molecular complexity index is 346. The summed E-state index contributed by atoms with van der Waals surface area (Å²) in [6.45, 7) is 4.67. The van der Waals surface area contributed by atoms with Crippen LogP contribution >= 0.6 is 12.4 Å². The molecule has 2 rings (SSSR count). The molecular formula is C10H17ClN4O. The number of nitrogens with one attached hydrogen (secondary N) is 3. The molecule has 0 aromatic carbocycles. The van der Waals surface area contributed by atoms with Crippen molar-refractivity contribution in [2.75, 3.05) is 19.6 Å². The lowest BCUT2D eigenvalue weighted by Crippen LogP contribution is -2.30. The second kappa shape index (κ2) is 5.86. The van der Waals surface area contributed by atoms with Gasteiger partial charge in [0.25, 0.3) is 5.91 Å². The highest BCUT2D eigenvalue weighted by atomic mass is 35.5. The maximum atomic E-state index is 11.6. The molecule has 1 aromatic heterocycles. The predicted octanol–water partition coefficient (Wildman–Crippen LogP) is 0.479. The molecule has 1 fully saturated rings. The topological polar surface area (TPSA) is 69.8 Å². The van der Waals surface area contributed by atoms with Crippen LogP contribution in [0.1, 0.15) is 22.6 Å². The number of halogens is 1. The van der Waals surface area contributed by atoms with E-state index in [-0.39, 0.29) is 18.3 Å². The molecule has 1 unspecified atom stereocenters. The molecule has 6 heteroatoms. The quantitative estimate of drug-likeness (QED) is 0.725. The molecule has 2 heterocycles. The first-order chi connectivity index (χ1) is 7.25. The van der Waals surface area contributed by atoms with Gasteiger partial charge in [-0.05, 0) is 38.4 Å². The van der Waals surface area contributed by atoms with Gasteiger partial charge in [0.05, 0.1) is 0 Å². The predicted molar refractivity (Wildman–Crippen MR) is 63.9 cm³/mol. The Labute approximate surface area is 101 Å². The van der Waals surface area contributed by atoms with Gasteiger partial charge in [0.15, 0.2) is 0 Å². The van der Waals surface area contributed by atoms with Gasteiger partial charge in [0.2, 0.25) is 0 Å². The molecule has 0 bridgehead atoms. The second-order valence-electron chi connectivity index (χ2n) is 4.01. The maximum absolute atomic E-state index is 11.6. The zero-order valence-corrected chi connectivity index (χ0v) is 10.1. The summed E-state index contributed by atoms with van der Waals surface area (Å²) in [7, 11) is 0. The summed E-state index contributed by atoms with van der Waals surface area (Å²) in [6.07, 6.45) is 1.14. The van der Waals surface area contributed by atoms with E-state index in [1.54, 1.807) is 6.07 Å². The van der Waals surface area contributed by atoms with Crippen molar-refractivity contribution in [3.05, 3.63) is 17.5 Å². The van der Waals surface area contributed by atoms with E-state index in [2.05, 4.69) is 20.8 Å². The average Bonchev–Trinajstić information content (AvgIpc) is 2.84. The highest BCUT2D eigenvalue weighted by Gasteiger charge is 2.16. The Kier molecular flexibility index (Phi) is 4.76. The van der Waals surface area contributed by atoms with Crippen LogP contribution < -0.4 is 10.6 Å². The van der Waals surface area contributed by atoms with E-state index in [9.17, 15) is 4.79 Å². The van der Waals surface area contributed by atoms with Crippen LogP contribution in [0.5, 0.6) is 0 Å². The number of hydrogen-bond donors (Lipinski definition) is 3. The van der Waals surface area contributed by atoms with Crippen molar-refractivity contribution in [1.82, 2.24) is 20.8 Å². The normalized spacial score (nSPS) is 19.2. The molecule has 1 aromatic rings. The van der Waals surface area contributed by atoms with Gasteiger partial charge in [-0.1, -0.05) is 0 Å². The van der Waals surface area contributed by atoms with E-state index < -0.39 is 0 Å². The minimum absolute atomic E-state index is 0. The number of carbonyl (C=O) groups excluding carboxylic acids is 1. The summed E-state index contributed by atoms with van der Waals surface area (Å²) in [5.41, 5.74) is 1.38. The molecule has 1 saturated heterocycles. The van der Waals surface area contributed by atoms with Crippen LogP contribution in [0.15, 0.2) is 6.07 Å². The van der Waals surface area contributed by atoms with Crippen molar-refractivity contribution in [1.29, 1.82) is 0 Å². The lowest BCUT2D eigenvalue weighted by Gasteiger charge is -2.08. The number of carbonyl (C=O) groups is 1. The Morgan fingerprint density at radius 1 is 1.69 bits per heavy atom. The number of aryl methyl sites for hydroxylation is 1. The fourth-order valence-electron chi connectivity index (χ4n) is 1.75. The molecule has 1 aliphatic heterocycles. The third-order valence-corrected chi connectivity index (χ3v) is 2.65.